The Hall–Kier alpha value is -1.03. The molecule has 0 spiro atoms. The third-order valence-corrected chi connectivity index (χ3v) is 2.08. The predicted octanol–water partition coefficient (Wildman–Crippen LogP) is 1.22. The van der Waals surface area contributed by atoms with Crippen LogP contribution in [0, 0.1) is 0 Å². The van der Waals surface area contributed by atoms with E-state index < -0.39 is 0 Å². The van der Waals surface area contributed by atoms with Crippen LogP contribution in [0.5, 0.6) is 0 Å². The maximum absolute atomic E-state index is 5.04. The predicted molar refractivity (Wildman–Crippen MR) is 51.8 cm³/mol. The van der Waals surface area contributed by atoms with Crippen LogP contribution in [0.4, 0.5) is 0 Å². The molecule has 1 aromatic heterocycles. The summed E-state index contributed by atoms with van der Waals surface area (Å²) in [5, 5.41) is 3.64. The van der Waals surface area contributed by atoms with Crippen molar-refractivity contribution in [2.75, 3.05) is 14.1 Å². The molecule has 3 nitrogen and oxygen atoms in total. The highest BCUT2D eigenvalue weighted by Crippen LogP contribution is 2.03. The largest absolute Gasteiger partial charge is 0.472 e. The molecule has 0 aliphatic rings. The van der Waals surface area contributed by atoms with Crippen molar-refractivity contribution in [2.45, 2.75) is 6.54 Å². The lowest BCUT2D eigenvalue weighted by atomic mass is 10.3. The molecule has 0 fully saturated rings. The molecule has 1 N–H and O–H groups in total. The average Bonchev–Trinajstić information content (AvgIpc) is 2.55. The van der Waals surface area contributed by atoms with Crippen LogP contribution in [-0.2, 0) is 6.54 Å². The number of hydrogen-bond acceptors (Lipinski definition) is 2. The quantitative estimate of drug-likeness (QED) is 0.699. The molecular weight excluding hydrogens is 172 g/mol. The lowest BCUT2D eigenvalue weighted by Gasteiger charge is -2.17. The van der Waals surface area contributed by atoms with Crippen molar-refractivity contribution in [2.24, 2.45) is 0 Å². The number of thiocarbonyl (C=S) groups is 1. The Morgan fingerprint density at radius 1 is 1.75 bits per heavy atom. The van der Waals surface area contributed by atoms with E-state index in [0.29, 0.717) is 0 Å². The van der Waals surface area contributed by atoms with Gasteiger partial charge >= 0.3 is 0 Å². The van der Waals surface area contributed by atoms with Gasteiger partial charge in [0.15, 0.2) is 5.11 Å². The number of furan rings is 1. The average molecular weight is 184 g/mol. The van der Waals surface area contributed by atoms with Gasteiger partial charge in [-0.25, -0.2) is 0 Å². The molecule has 0 radical (unpaired) electrons. The van der Waals surface area contributed by atoms with Crippen LogP contribution >= 0.6 is 12.2 Å². The molecule has 0 aliphatic carbocycles. The zero-order valence-electron chi connectivity index (χ0n) is 7.20. The molecule has 0 aliphatic heterocycles. The molecule has 1 rings (SSSR count). The molecule has 0 aromatic carbocycles. The third-order valence-electron chi connectivity index (χ3n) is 1.56. The maximum Gasteiger partial charge on any atom is 0.168 e. The van der Waals surface area contributed by atoms with Gasteiger partial charge in [-0.05, 0) is 18.3 Å². The Bertz CT molecular complexity index is 246. The van der Waals surface area contributed by atoms with Gasteiger partial charge in [0.05, 0.1) is 12.5 Å². The topological polar surface area (TPSA) is 28.4 Å². The zero-order chi connectivity index (χ0) is 8.97. The van der Waals surface area contributed by atoms with Crippen molar-refractivity contribution in [3.8, 4) is 0 Å². The molecule has 1 heterocycles. The number of nitrogens with zero attached hydrogens (tertiary/aromatic N) is 1. The van der Waals surface area contributed by atoms with Crippen molar-refractivity contribution in [1.82, 2.24) is 10.2 Å². The van der Waals surface area contributed by atoms with Crippen LogP contribution in [0.15, 0.2) is 23.0 Å². The normalized spacial score (nSPS) is 9.50. The van der Waals surface area contributed by atoms with E-state index >= 15 is 0 Å². The van der Waals surface area contributed by atoms with Crippen LogP contribution in [-0.4, -0.2) is 24.1 Å². The molecule has 1 aromatic rings. The van der Waals surface area contributed by atoms with E-state index in [4.69, 9.17) is 16.6 Å². The molecule has 0 bridgehead atoms. The Morgan fingerprint density at radius 3 is 3.00 bits per heavy atom. The first-order chi connectivity index (χ1) is 5.74. The van der Waals surface area contributed by atoms with Crippen molar-refractivity contribution < 1.29 is 4.42 Å². The van der Waals surface area contributed by atoms with E-state index in [2.05, 4.69) is 5.32 Å². The minimum Gasteiger partial charge on any atom is -0.472 e. The molecule has 0 amide bonds. The van der Waals surface area contributed by atoms with Crippen LogP contribution in [0.3, 0.4) is 0 Å². The Morgan fingerprint density at radius 2 is 2.50 bits per heavy atom. The second-order valence-electron chi connectivity index (χ2n) is 2.54. The van der Waals surface area contributed by atoms with Crippen LogP contribution in [0.1, 0.15) is 5.56 Å². The third kappa shape index (κ3) is 2.23. The van der Waals surface area contributed by atoms with Gasteiger partial charge in [-0.2, -0.15) is 0 Å². The van der Waals surface area contributed by atoms with E-state index in [1.54, 1.807) is 12.5 Å². The standard InChI is InChI=1S/C8H12N2OS/c1-9-8(12)10(2)5-7-3-4-11-6-7/h3-4,6H,5H2,1-2H3,(H,9,12). The van der Waals surface area contributed by atoms with E-state index in [-0.39, 0.29) is 0 Å². The molecule has 12 heavy (non-hydrogen) atoms. The second kappa shape index (κ2) is 4.11. The summed E-state index contributed by atoms with van der Waals surface area (Å²) >= 11 is 5.04. The van der Waals surface area contributed by atoms with Gasteiger partial charge in [0.1, 0.15) is 0 Å². The smallest absolute Gasteiger partial charge is 0.168 e. The summed E-state index contributed by atoms with van der Waals surface area (Å²) in [6, 6.07) is 1.93. The minimum atomic E-state index is 0.733. The Balaban J connectivity index is 2.47. The summed E-state index contributed by atoms with van der Waals surface area (Å²) in [5.74, 6) is 0. The highest BCUT2D eigenvalue weighted by molar-refractivity contribution is 7.80. The summed E-state index contributed by atoms with van der Waals surface area (Å²) in [6.07, 6.45) is 3.38. The minimum absolute atomic E-state index is 0.733. The fraction of sp³-hybridized carbons (Fsp3) is 0.375. The van der Waals surface area contributed by atoms with Crippen LogP contribution < -0.4 is 5.32 Å². The van der Waals surface area contributed by atoms with Crippen LogP contribution in [0.25, 0.3) is 0 Å². The summed E-state index contributed by atoms with van der Waals surface area (Å²) in [7, 11) is 3.75. The lowest BCUT2D eigenvalue weighted by molar-refractivity contribution is 0.487. The van der Waals surface area contributed by atoms with Crippen molar-refractivity contribution in [3.05, 3.63) is 24.2 Å². The highest BCUT2D eigenvalue weighted by Gasteiger charge is 2.02. The molecule has 0 saturated heterocycles. The first kappa shape index (κ1) is 9.06. The van der Waals surface area contributed by atoms with Crippen LogP contribution in [0.2, 0.25) is 0 Å². The van der Waals surface area contributed by atoms with Gasteiger partial charge in [-0.3, -0.25) is 0 Å². The molecular formula is C8H12N2OS. The molecule has 66 valence electrons. The van der Waals surface area contributed by atoms with Crippen molar-refractivity contribution in [1.29, 1.82) is 0 Å². The molecule has 4 heteroatoms. The van der Waals surface area contributed by atoms with Crippen molar-refractivity contribution in [3.63, 3.8) is 0 Å². The van der Waals surface area contributed by atoms with Gasteiger partial charge in [-0.1, -0.05) is 0 Å². The zero-order valence-corrected chi connectivity index (χ0v) is 8.02. The monoisotopic (exact) mass is 184 g/mol. The van der Waals surface area contributed by atoms with Crippen molar-refractivity contribution >= 4 is 17.3 Å². The summed E-state index contributed by atoms with van der Waals surface area (Å²) in [4.78, 5) is 1.94. The second-order valence-corrected chi connectivity index (χ2v) is 2.93. The van der Waals surface area contributed by atoms with Gasteiger partial charge in [0, 0.05) is 26.2 Å². The summed E-state index contributed by atoms with van der Waals surface area (Å²) in [6.45, 7) is 0.774. The molecule has 0 atom stereocenters. The van der Waals surface area contributed by atoms with E-state index in [1.807, 2.05) is 25.1 Å². The molecule has 0 unspecified atom stereocenters. The molecule has 0 saturated carbocycles. The Kier molecular flexibility index (Phi) is 3.10. The highest BCUT2D eigenvalue weighted by atomic mass is 32.1. The number of nitrogens with one attached hydrogen (secondary N) is 1. The first-order valence-electron chi connectivity index (χ1n) is 3.68. The fourth-order valence-electron chi connectivity index (χ4n) is 0.919. The van der Waals surface area contributed by atoms with Gasteiger partial charge < -0.3 is 14.6 Å². The van der Waals surface area contributed by atoms with E-state index in [1.165, 1.54) is 0 Å². The maximum atomic E-state index is 5.04. The van der Waals surface area contributed by atoms with E-state index in [9.17, 15) is 0 Å². The Labute approximate surface area is 77.4 Å². The SMILES string of the molecule is CNC(=S)N(C)Cc1ccoc1. The lowest BCUT2D eigenvalue weighted by Crippen LogP contribution is -2.33. The van der Waals surface area contributed by atoms with Gasteiger partial charge in [0.2, 0.25) is 0 Å². The first-order valence-corrected chi connectivity index (χ1v) is 4.09. The van der Waals surface area contributed by atoms with Gasteiger partial charge in [0.25, 0.3) is 0 Å². The fourth-order valence-corrected chi connectivity index (χ4v) is 0.984. The van der Waals surface area contributed by atoms with Gasteiger partial charge in [-0.15, -0.1) is 0 Å². The number of rotatable bonds is 2. The van der Waals surface area contributed by atoms with E-state index in [0.717, 1.165) is 17.2 Å². The number of hydrogen-bond donors (Lipinski definition) is 1. The summed E-state index contributed by atoms with van der Waals surface area (Å²) < 4.78 is 4.94. The summed E-state index contributed by atoms with van der Waals surface area (Å²) in [5.41, 5.74) is 1.12.